The van der Waals surface area contributed by atoms with Crippen LogP contribution in [0.25, 0.3) is 21.5 Å². The van der Waals surface area contributed by atoms with Crippen LogP contribution in [-0.4, -0.2) is 61.6 Å². The Hall–Kier alpha value is -3.40. The second-order valence-electron chi connectivity index (χ2n) is 11.4. The van der Waals surface area contributed by atoms with Gasteiger partial charge in [-0.05, 0) is 78.5 Å². The maximum absolute atomic E-state index is 13.4. The highest BCUT2D eigenvalue weighted by molar-refractivity contribution is 7.11. The van der Waals surface area contributed by atoms with E-state index < -0.39 is 5.60 Å². The van der Waals surface area contributed by atoms with Gasteiger partial charge >= 0.3 is 0 Å². The fraction of sp³-hybridized carbons (Fsp3) is 0.419. The van der Waals surface area contributed by atoms with Gasteiger partial charge in [-0.1, -0.05) is 49.4 Å². The average molecular weight is 558 g/mol. The number of likely N-dealkylation sites (N-methyl/N-ethyl adjacent to an activating group) is 1. The predicted molar refractivity (Wildman–Crippen MR) is 158 cm³/mol. The van der Waals surface area contributed by atoms with Gasteiger partial charge in [0.2, 0.25) is 5.91 Å². The molecule has 9 heteroatoms. The number of piperidine rings is 1. The van der Waals surface area contributed by atoms with Crippen LogP contribution in [0.2, 0.25) is 0 Å². The van der Waals surface area contributed by atoms with E-state index in [0.717, 1.165) is 28.8 Å². The summed E-state index contributed by atoms with van der Waals surface area (Å²) in [5.74, 6) is 0.234. The molecule has 2 N–H and O–H groups in total. The molecule has 1 fully saturated rings. The zero-order chi connectivity index (χ0) is 27.9. The number of aliphatic hydroxyl groups is 1. The Kier molecular flexibility index (Phi) is 7.29. The van der Waals surface area contributed by atoms with Gasteiger partial charge in [-0.15, -0.1) is 0 Å². The first kappa shape index (κ1) is 26.8. The smallest absolute Gasteiger partial charge is 0.281 e. The number of hydrogen-bond donors (Lipinski definition) is 2. The standard InChI is InChI=1S/C31H35N5O3S/c1-20(21-6-4-3-5-7-21)14-26(37)35-12-10-31(39,11-13-35)18-36-19-33-27-28(30(36)38)34-40-29(27)23-9-8-22-16-25(32-2)17-24(22)15-23/h3-9,15,19-20,25,32,39H,10-14,16-18H2,1-2H3/t20-,25?/m1/s1. The second-order valence-corrected chi connectivity index (χ2v) is 12.2. The largest absolute Gasteiger partial charge is 0.388 e. The van der Waals surface area contributed by atoms with Crippen LogP contribution in [0, 0.1) is 0 Å². The van der Waals surface area contributed by atoms with Crippen molar-refractivity contribution in [3.8, 4) is 10.4 Å². The quantitative estimate of drug-likeness (QED) is 0.359. The third kappa shape index (κ3) is 5.21. The van der Waals surface area contributed by atoms with E-state index in [-0.39, 0.29) is 23.9 Å². The highest BCUT2D eigenvalue weighted by Crippen LogP contribution is 2.34. The fourth-order valence-corrected chi connectivity index (χ4v) is 6.88. The summed E-state index contributed by atoms with van der Waals surface area (Å²) in [5.41, 5.74) is 4.49. The van der Waals surface area contributed by atoms with Gasteiger partial charge < -0.3 is 15.3 Å². The first-order valence-corrected chi connectivity index (χ1v) is 14.8. The molecule has 8 nitrogen and oxygen atoms in total. The molecule has 0 spiro atoms. The lowest BCUT2D eigenvalue weighted by Gasteiger charge is -2.38. The van der Waals surface area contributed by atoms with Gasteiger partial charge in [0.25, 0.3) is 5.56 Å². The predicted octanol–water partition coefficient (Wildman–Crippen LogP) is 3.75. The lowest BCUT2D eigenvalue weighted by atomic mass is 9.90. The number of rotatable bonds is 7. The monoisotopic (exact) mass is 557 g/mol. The highest BCUT2D eigenvalue weighted by atomic mass is 32.1. The van der Waals surface area contributed by atoms with Crippen LogP contribution in [-0.2, 0) is 24.2 Å². The molecule has 2 atom stereocenters. The molecule has 1 saturated heterocycles. The summed E-state index contributed by atoms with van der Waals surface area (Å²) in [7, 11) is 2.00. The van der Waals surface area contributed by atoms with Crippen molar-refractivity contribution in [2.75, 3.05) is 20.1 Å². The molecule has 0 saturated carbocycles. The number of amides is 1. The fourth-order valence-electron chi connectivity index (χ4n) is 6.06. The summed E-state index contributed by atoms with van der Waals surface area (Å²) in [6, 6.07) is 17.0. The lowest BCUT2D eigenvalue weighted by Crippen LogP contribution is -2.49. The van der Waals surface area contributed by atoms with Crippen LogP contribution in [0.15, 0.2) is 59.7 Å². The minimum Gasteiger partial charge on any atom is -0.388 e. The second kappa shape index (κ2) is 10.9. The molecule has 0 radical (unpaired) electrons. The van der Waals surface area contributed by atoms with Crippen molar-refractivity contribution in [2.24, 2.45) is 0 Å². The number of nitrogens with zero attached hydrogens (tertiary/aromatic N) is 4. The summed E-state index contributed by atoms with van der Waals surface area (Å²) in [6.07, 6.45) is 4.81. The summed E-state index contributed by atoms with van der Waals surface area (Å²) in [4.78, 5) is 33.7. The number of carbonyl (C=O) groups excluding carboxylic acids is 1. The molecule has 1 aliphatic heterocycles. The van der Waals surface area contributed by atoms with Crippen molar-refractivity contribution in [1.82, 2.24) is 24.1 Å². The average Bonchev–Trinajstić information content (AvgIpc) is 3.59. The van der Waals surface area contributed by atoms with E-state index >= 15 is 0 Å². The number of fused-ring (bicyclic) bond motifs is 2. The Morgan fingerprint density at radius 2 is 1.88 bits per heavy atom. The molecule has 2 aromatic carbocycles. The number of likely N-dealkylation sites (tertiary alicyclic amines) is 1. The van der Waals surface area contributed by atoms with Crippen molar-refractivity contribution in [1.29, 1.82) is 0 Å². The molecule has 2 aromatic heterocycles. The molecule has 0 bridgehead atoms. The summed E-state index contributed by atoms with van der Waals surface area (Å²) in [6.45, 7) is 3.13. The molecule has 2 aliphatic rings. The van der Waals surface area contributed by atoms with Crippen molar-refractivity contribution < 1.29 is 9.90 Å². The topological polar surface area (TPSA) is 100 Å². The number of carbonyl (C=O) groups is 1. The number of nitrogens with one attached hydrogen (secondary N) is 1. The Bertz CT molecular complexity index is 1590. The van der Waals surface area contributed by atoms with Gasteiger partial charge in [-0.3, -0.25) is 14.2 Å². The van der Waals surface area contributed by atoms with Crippen LogP contribution in [0.5, 0.6) is 0 Å². The normalized spacial score (nSPS) is 19.1. The van der Waals surface area contributed by atoms with Gasteiger partial charge in [0.15, 0.2) is 5.52 Å². The Labute approximate surface area is 237 Å². The molecule has 1 amide bonds. The van der Waals surface area contributed by atoms with Crippen molar-refractivity contribution >= 4 is 28.5 Å². The molecule has 3 heterocycles. The maximum atomic E-state index is 13.4. The first-order chi connectivity index (χ1) is 19.3. The van der Waals surface area contributed by atoms with E-state index in [0.29, 0.717) is 49.4 Å². The third-order valence-corrected chi connectivity index (χ3v) is 9.51. The van der Waals surface area contributed by atoms with Gasteiger partial charge in [-0.2, -0.15) is 4.37 Å². The molecule has 208 valence electrons. The van der Waals surface area contributed by atoms with Gasteiger partial charge in [0, 0.05) is 25.6 Å². The maximum Gasteiger partial charge on any atom is 0.281 e. The lowest BCUT2D eigenvalue weighted by molar-refractivity contribution is -0.136. The van der Waals surface area contributed by atoms with Crippen LogP contribution in [0.4, 0.5) is 0 Å². The zero-order valence-electron chi connectivity index (χ0n) is 23.0. The van der Waals surface area contributed by atoms with Crippen LogP contribution in [0.3, 0.4) is 0 Å². The van der Waals surface area contributed by atoms with E-state index in [1.54, 1.807) is 0 Å². The van der Waals surface area contributed by atoms with E-state index in [2.05, 4.69) is 39.8 Å². The van der Waals surface area contributed by atoms with Gasteiger partial charge in [0.1, 0.15) is 5.52 Å². The minimum atomic E-state index is -1.08. The number of benzene rings is 2. The van der Waals surface area contributed by atoms with Crippen molar-refractivity contribution in [2.45, 2.75) is 63.1 Å². The van der Waals surface area contributed by atoms with Crippen molar-refractivity contribution in [3.63, 3.8) is 0 Å². The van der Waals surface area contributed by atoms with E-state index in [4.69, 9.17) is 0 Å². The number of hydrogen-bond acceptors (Lipinski definition) is 7. The molecule has 40 heavy (non-hydrogen) atoms. The van der Waals surface area contributed by atoms with Crippen LogP contribution >= 0.6 is 11.5 Å². The Morgan fingerprint density at radius 1 is 1.12 bits per heavy atom. The summed E-state index contributed by atoms with van der Waals surface area (Å²) < 4.78 is 5.96. The third-order valence-electron chi connectivity index (χ3n) is 8.63. The van der Waals surface area contributed by atoms with E-state index in [9.17, 15) is 14.7 Å². The summed E-state index contributed by atoms with van der Waals surface area (Å²) in [5, 5.41) is 14.7. The summed E-state index contributed by atoms with van der Waals surface area (Å²) >= 11 is 1.29. The van der Waals surface area contributed by atoms with Gasteiger partial charge in [0.05, 0.1) is 23.4 Å². The Morgan fingerprint density at radius 3 is 2.62 bits per heavy atom. The van der Waals surface area contributed by atoms with E-state index in [1.807, 2.05) is 42.3 Å². The molecule has 4 aromatic rings. The zero-order valence-corrected chi connectivity index (χ0v) is 23.8. The van der Waals surface area contributed by atoms with Crippen LogP contribution < -0.4 is 10.9 Å². The van der Waals surface area contributed by atoms with E-state index in [1.165, 1.54) is 33.6 Å². The van der Waals surface area contributed by atoms with Crippen molar-refractivity contribution in [3.05, 3.63) is 81.9 Å². The van der Waals surface area contributed by atoms with Crippen LogP contribution in [0.1, 0.15) is 48.8 Å². The molecule has 1 unspecified atom stereocenters. The molecule has 1 aliphatic carbocycles. The van der Waals surface area contributed by atoms with Gasteiger partial charge in [-0.25, -0.2) is 4.98 Å². The highest BCUT2D eigenvalue weighted by Gasteiger charge is 2.35. The molecule has 6 rings (SSSR count). The Balaban J connectivity index is 1.13. The molecular weight excluding hydrogens is 522 g/mol. The first-order valence-electron chi connectivity index (χ1n) is 14.0. The minimum absolute atomic E-state index is 0.0988. The SMILES string of the molecule is CNC1Cc2ccc(-c3snc4c(=O)n(CC5(O)CCN(C(=O)C[C@@H](C)c6ccccc6)CC5)cnc34)cc2C1. The molecular formula is C31H35N5O3S. The number of aromatic nitrogens is 3.